The van der Waals surface area contributed by atoms with Crippen LogP contribution >= 0.6 is 23.5 Å². The molecule has 0 aliphatic carbocycles. The van der Waals surface area contributed by atoms with Crippen molar-refractivity contribution in [2.24, 2.45) is 0 Å². The van der Waals surface area contributed by atoms with Crippen molar-refractivity contribution in [3.05, 3.63) is 42.0 Å². The average molecular weight is 479 g/mol. The molecule has 32 heavy (non-hydrogen) atoms. The van der Waals surface area contributed by atoms with Crippen LogP contribution in [-0.2, 0) is 9.53 Å². The third-order valence-electron chi connectivity index (χ3n) is 5.64. The number of unbranched alkanes of at least 4 members (excludes halogenated alkanes) is 1. The predicted molar refractivity (Wildman–Crippen MR) is 137 cm³/mol. The molecule has 5 nitrogen and oxygen atoms in total. The molecular formula is C25H38N2O3S2. The second-order valence-electron chi connectivity index (χ2n) is 8.44. The number of carbonyl (C=O) groups is 2. The Kier molecular flexibility index (Phi) is 11.9. The van der Waals surface area contributed by atoms with Gasteiger partial charge in [-0.15, -0.1) is 11.8 Å². The van der Waals surface area contributed by atoms with Gasteiger partial charge in [0.05, 0.1) is 18.8 Å². The molecule has 1 fully saturated rings. The summed E-state index contributed by atoms with van der Waals surface area (Å²) in [7, 11) is 0. The number of hydrogen-bond acceptors (Lipinski definition) is 6. The molecule has 178 valence electrons. The van der Waals surface area contributed by atoms with Gasteiger partial charge in [-0.1, -0.05) is 32.1 Å². The summed E-state index contributed by atoms with van der Waals surface area (Å²) in [4.78, 5) is 28.5. The van der Waals surface area contributed by atoms with E-state index in [0.717, 1.165) is 47.2 Å². The quantitative estimate of drug-likeness (QED) is 0.182. The molecule has 1 aromatic rings. The minimum absolute atomic E-state index is 0.0482. The minimum Gasteiger partial charge on any atom is -0.379 e. The van der Waals surface area contributed by atoms with Gasteiger partial charge in [-0.2, -0.15) is 11.8 Å². The average Bonchev–Trinajstić information content (AvgIpc) is 2.81. The van der Waals surface area contributed by atoms with Crippen LogP contribution in [0, 0.1) is 0 Å². The molecule has 1 saturated heterocycles. The zero-order valence-corrected chi connectivity index (χ0v) is 21.4. The lowest BCUT2D eigenvalue weighted by Crippen LogP contribution is -2.54. The van der Waals surface area contributed by atoms with Crippen LogP contribution < -0.4 is 5.32 Å². The Hall–Kier alpha value is -1.28. The molecule has 1 aliphatic heterocycles. The first-order chi connectivity index (χ1) is 15.4. The SMILES string of the molecule is C=C(CCSCCCC)C(=O)NCCSc1ccc(C(=O)C(C)(C)N2CCOCC2)cc1. The van der Waals surface area contributed by atoms with E-state index >= 15 is 0 Å². The molecule has 0 radical (unpaired) electrons. The summed E-state index contributed by atoms with van der Waals surface area (Å²) < 4.78 is 5.41. The van der Waals surface area contributed by atoms with E-state index in [1.807, 2.05) is 49.9 Å². The molecule has 0 unspecified atom stereocenters. The summed E-state index contributed by atoms with van der Waals surface area (Å²) in [6.45, 7) is 13.6. The number of morpholine rings is 1. The zero-order valence-electron chi connectivity index (χ0n) is 19.8. The van der Waals surface area contributed by atoms with Crippen LogP contribution in [0.15, 0.2) is 41.3 Å². The number of thioether (sulfide) groups is 2. The minimum atomic E-state index is -0.542. The van der Waals surface area contributed by atoms with Gasteiger partial charge in [-0.3, -0.25) is 14.5 Å². The van der Waals surface area contributed by atoms with Gasteiger partial charge in [0.15, 0.2) is 5.78 Å². The summed E-state index contributed by atoms with van der Waals surface area (Å²) in [5, 5.41) is 2.95. The van der Waals surface area contributed by atoms with Crippen LogP contribution in [0.5, 0.6) is 0 Å². The molecule has 0 atom stereocenters. The van der Waals surface area contributed by atoms with E-state index in [2.05, 4.69) is 23.7 Å². The van der Waals surface area contributed by atoms with Crippen molar-refractivity contribution >= 4 is 35.2 Å². The molecule has 0 saturated carbocycles. The van der Waals surface area contributed by atoms with Crippen LogP contribution in [0.25, 0.3) is 0 Å². The molecule has 0 spiro atoms. The fourth-order valence-corrected chi connectivity index (χ4v) is 5.29. The highest BCUT2D eigenvalue weighted by molar-refractivity contribution is 7.99. The Labute approximate surface area is 202 Å². The van der Waals surface area contributed by atoms with E-state index in [-0.39, 0.29) is 11.7 Å². The van der Waals surface area contributed by atoms with E-state index in [9.17, 15) is 9.59 Å². The maximum absolute atomic E-state index is 13.1. The lowest BCUT2D eigenvalue weighted by molar-refractivity contribution is -0.117. The molecule has 1 N–H and O–H groups in total. The van der Waals surface area contributed by atoms with Crippen LogP contribution in [0.1, 0.15) is 50.4 Å². The molecule has 2 rings (SSSR count). The topological polar surface area (TPSA) is 58.6 Å². The smallest absolute Gasteiger partial charge is 0.246 e. The first-order valence-electron chi connectivity index (χ1n) is 11.5. The van der Waals surface area contributed by atoms with Crippen molar-refractivity contribution < 1.29 is 14.3 Å². The number of hydrogen-bond donors (Lipinski definition) is 1. The Balaban J connectivity index is 1.71. The number of nitrogens with zero attached hydrogens (tertiary/aromatic N) is 1. The number of amides is 1. The third-order valence-corrected chi connectivity index (χ3v) is 7.73. The fraction of sp³-hybridized carbons (Fsp3) is 0.600. The molecular weight excluding hydrogens is 440 g/mol. The number of ether oxygens (including phenoxy) is 1. The number of carbonyl (C=O) groups excluding carboxylic acids is 2. The second kappa shape index (κ2) is 14.1. The molecule has 1 aromatic carbocycles. The van der Waals surface area contributed by atoms with Crippen LogP contribution in [0.4, 0.5) is 0 Å². The van der Waals surface area contributed by atoms with Crippen molar-refractivity contribution in [1.82, 2.24) is 10.2 Å². The molecule has 1 amide bonds. The van der Waals surface area contributed by atoms with E-state index in [0.29, 0.717) is 25.3 Å². The van der Waals surface area contributed by atoms with E-state index in [1.54, 1.807) is 11.8 Å². The van der Waals surface area contributed by atoms with Gasteiger partial charge in [-0.25, -0.2) is 0 Å². The number of Topliss-reactive ketones (excluding diaryl/α,β-unsaturated/α-hetero) is 1. The Morgan fingerprint density at radius 3 is 2.47 bits per heavy atom. The normalized spacial score (nSPS) is 14.8. The van der Waals surface area contributed by atoms with E-state index < -0.39 is 5.54 Å². The largest absolute Gasteiger partial charge is 0.379 e. The van der Waals surface area contributed by atoms with Gasteiger partial charge in [0.1, 0.15) is 0 Å². The monoisotopic (exact) mass is 478 g/mol. The lowest BCUT2D eigenvalue weighted by Gasteiger charge is -2.39. The van der Waals surface area contributed by atoms with Crippen molar-refractivity contribution in [2.75, 3.05) is 50.1 Å². The highest BCUT2D eigenvalue weighted by atomic mass is 32.2. The standard InChI is InChI=1S/C25H38N2O3S2/c1-5-6-17-31-18-11-20(2)24(29)26-12-19-32-22-9-7-21(8-10-22)23(28)25(3,4)27-13-15-30-16-14-27/h7-10H,2,5-6,11-19H2,1,3-4H3,(H,26,29). The van der Waals surface area contributed by atoms with Crippen LogP contribution in [-0.4, -0.2) is 72.2 Å². The molecule has 0 aromatic heterocycles. The maximum Gasteiger partial charge on any atom is 0.246 e. The second-order valence-corrected chi connectivity index (χ2v) is 10.8. The molecule has 1 heterocycles. The van der Waals surface area contributed by atoms with Gasteiger partial charge in [0, 0.05) is 41.4 Å². The highest BCUT2D eigenvalue weighted by Gasteiger charge is 2.35. The lowest BCUT2D eigenvalue weighted by atomic mass is 9.91. The Morgan fingerprint density at radius 2 is 1.81 bits per heavy atom. The van der Waals surface area contributed by atoms with Crippen molar-refractivity contribution in [3.63, 3.8) is 0 Å². The van der Waals surface area contributed by atoms with E-state index in [1.165, 1.54) is 12.8 Å². The van der Waals surface area contributed by atoms with E-state index in [4.69, 9.17) is 4.74 Å². The van der Waals surface area contributed by atoms with Crippen LogP contribution in [0.3, 0.4) is 0 Å². The summed E-state index contributed by atoms with van der Waals surface area (Å²) >= 11 is 3.55. The fourth-order valence-electron chi connectivity index (χ4n) is 3.44. The maximum atomic E-state index is 13.1. The van der Waals surface area contributed by atoms with Gasteiger partial charge in [-0.05, 0) is 50.3 Å². The Bertz CT molecular complexity index is 744. The van der Waals surface area contributed by atoms with Crippen molar-refractivity contribution in [2.45, 2.75) is 50.5 Å². The third kappa shape index (κ3) is 8.58. The van der Waals surface area contributed by atoms with Crippen LogP contribution in [0.2, 0.25) is 0 Å². The van der Waals surface area contributed by atoms with Gasteiger partial charge in [0.2, 0.25) is 5.91 Å². The first-order valence-corrected chi connectivity index (χ1v) is 13.6. The number of benzene rings is 1. The zero-order chi connectivity index (χ0) is 23.4. The van der Waals surface area contributed by atoms with Crippen molar-refractivity contribution in [3.8, 4) is 0 Å². The molecule has 7 heteroatoms. The number of nitrogens with one attached hydrogen (secondary N) is 1. The van der Waals surface area contributed by atoms with Gasteiger partial charge in [0.25, 0.3) is 0 Å². The summed E-state index contributed by atoms with van der Waals surface area (Å²) in [6.07, 6.45) is 3.17. The van der Waals surface area contributed by atoms with Gasteiger partial charge >= 0.3 is 0 Å². The highest BCUT2D eigenvalue weighted by Crippen LogP contribution is 2.24. The number of rotatable bonds is 14. The Morgan fingerprint density at radius 1 is 1.12 bits per heavy atom. The molecule has 1 aliphatic rings. The molecule has 0 bridgehead atoms. The predicted octanol–water partition coefficient (Wildman–Crippen LogP) is 4.67. The van der Waals surface area contributed by atoms with Gasteiger partial charge < -0.3 is 10.1 Å². The summed E-state index contributed by atoms with van der Waals surface area (Å²) in [5.74, 6) is 2.96. The summed E-state index contributed by atoms with van der Waals surface area (Å²) in [6, 6.07) is 7.79. The number of ketones is 1. The van der Waals surface area contributed by atoms with Crippen molar-refractivity contribution in [1.29, 1.82) is 0 Å². The summed E-state index contributed by atoms with van der Waals surface area (Å²) in [5.41, 5.74) is 0.844. The first kappa shape index (κ1) is 27.0.